The normalized spacial score (nSPS) is 24.1. The molecule has 0 bridgehead atoms. The van der Waals surface area contributed by atoms with Crippen molar-refractivity contribution in [1.29, 1.82) is 0 Å². The molecule has 1 N–H and O–H groups in total. The highest BCUT2D eigenvalue weighted by Crippen LogP contribution is 2.43. The monoisotopic (exact) mass is 527 g/mol. The number of halogens is 1. The second-order valence-electron chi connectivity index (χ2n) is 11.4. The zero-order chi connectivity index (χ0) is 26.9. The molecule has 2 aliphatic carbocycles. The number of urea groups is 1. The summed E-state index contributed by atoms with van der Waals surface area (Å²) < 4.78 is 15.6. The number of fused-ring (bicyclic) bond motifs is 3. The van der Waals surface area contributed by atoms with Gasteiger partial charge >= 0.3 is 6.03 Å². The number of nitrogens with zero attached hydrogens (tertiary/aromatic N) is 4. The summed E-state index contributed by atoms with van der Waals surface area (Å²) in [5.41, 5.74) is 4.53. The van der Waals surface area contributed by atoms with Gasteiger partial charge in [0.25, 0.3) is 5.91 Å². The molecule has 3 aromatic rings. The van der Waals surface area contributed by atoms with Crippen LogP contribution in [0.2, 0.25) is 0 Å². The fraction of sp³-hybridized carbons (Fsp3) is 0.400. The Kier molecular flexibility index (Phi) is 5.40. The predicted octanol–water partition coefficient (Wildman–Crippen LogP) is 3.67. The van der Waals surface area contributed by atoms with Crippen molar-refractivity contribution in [3.8, 4) is 11.1 Å². The second-order valence-corrected chi connectivity index (χ2v) is 11.4. The Balaban J connectivity index is 1.14. The number of carbonyl (C=O) groups is 3. The lowest BCUT2D eigenvalue weighted by atomic mass is 9.90. The third-order valence-electron chi connectivity index (χ3n) is 8.95. The minimum Gasteiger partial charge on any atom is -0.334 e. The molecule has 1 aromatic heterocycles. The van der Waals surface area contributed by atoms with E-state index < -0.39 is 11.6 Å². The van der Waals surface area contributed by atoms with Crippen LogP contribution in [0.3, 0.4) is 0 Å². The molecule has 0 radical (unpaired) electrons. The zero-order valence-corrected chi connectivity index (χ0v) is 21.8. The van der Waals surface area contributed by atoms with Crippen molar-refractivity contribution >= 4 is 17.8 Å². The first-order valence-electron chi connectivity index (χ1n) is 13.7. The van der Waals surface area contributed by atoms with Crippen LogP contribution in [0.25, 0.3) is 11.1 Å². The molecular weight excluding hydrogens is 497 g/mol. The van der Waals surface area contributed by atoms with E-state index in [0.29, 0.717) is 31.7 Å². The van der Waals surface area contributed by atoms with Crippen molar-refractivity contribution in [3.05, 3.63) is 76.9 Å². The third-order valence-corrected chi connectivity index (χ3v) is 8.95. The number of hydrogen-bond donors (Lipinski definition) is 1. The highest BCUT2D eigenvalue weighted by atomic mass is 19.1. The van der Waals surface area contributed by atoms with Gasteiger partial charge in [-0.3, -0.25) is 19.2 Å². The Morgan fingerprint density at radius 1 is 1.05 bits per heavy atom. The molecule has 0 unspecified atom stereocenters. The van der Waals surface area contributed by atoms with Gasteiger partial charge in [-0.05, 0) is 84.4 Å². The number of rotatable bonds is 4. The predicted molar refractivity (Wildman–Crippen MR) is 141 cm³/mol. The van der Waals surface area contributed by atoms with Gasteiger partial charge in [0.05, 0.1) is 6.20 Å². The van der Waals surface area contributed by atoms with E-state index in [0.717, 1.165) is 57.5 Å². The Morgan fingerprint density at radius 2 is 1.90 bits per heavy atom. The van der Waals surface area contributed by atoms with Crippen LogP contribution in [0.5, 0.6) is 0 Å². The molecule has 7 rings (SSSR count). The first kappa shape index (κ1) is 24.1. The van der Waals surface area contributed by atoms with Gasteiger partial charge in [-0.25, -0.2) is 9.18 Å². The highest BCUT2D eigenvalue weighted by molar-refractivity contribution is 6.10. The Hall–Kier alpha value is -4.01. The van der Waals surface area contributed by atoms with E-state index in [-0.39, 0.29) is 30.2 Å². The van der Waals surface area contributed by atoms with Gasteiger partial charge in [0.15, 0.2) is 0 Å². The maximum atomic E-state index is 13.9. The van der Waals surface area contributed by atoms with E-state index in [2.05, 4.69) is 16.5 Å². The number of hydrogen-bond acceptors (Lipinski definition) is 4. The quantitative estimate of drug-likeness (QED) is 0.525. The zero-order valence-electron chi connectivity index (χ0n) is 21.8. The van der Waals surface area contributed by atoms with Gasteiger partial charge in [-0.2, -0.15) is 5.10 Å². The summed E-state index contributed by atoms with van der Waals surface area (Å²) in [6, 6.07) is 10.2. The number of benzene rings is 2. The maximum absolute atomic E-state index is 13.9. The van der Waals surface area contributed by atoms with E-state index in [1.807, 2.05) is 30.3 Å². The standard InChI is InChI=1S/C30H30FN5O3/c1-34-15-23(14-32-34)19-5-8-25-21(12-19)10-11-30(25)28(38)36(29(39)33-30)17-27(37)35-16-22-4-7-24(31)13-20(22)6-9-26(35)18-2-3-18/h4-5,7-8,12-15,18,26H,2-3,6,9-11,16-17H2,1H3,(H,33,39)/t26-,30+/m1/s1. The molecule has 2 aliphatic heterocycles. The largest absolute Gasteiger partial charge is 0.334 e. The van der Waals surface area contributed by atoms with Crippen molar-refractivity contribution in [2.24, 2.45) is 13.0 Å². The average Bonchev–Trinajstić information content (AvgIpc) is 3.55. The van der Waals surface area contributed by atoms with Crippen LogP contribution in [0, 0.1) is 11.7 Å². The first-order chi connectivity index (χ1) is 18.8. The van der Waals surface area contributed by atoms with Gasteiger partial charge < -0.3 is 10.2 Å². The first-order valence-corrected chi connectivity index (χ1v) is 13.7. The van der Waals surface area contributed by atoms with Gasteiger partial charge in [0.1, 0.15) is 17.9 Å². The van der Waals surface area contributed by atoms with Crippen LogP contribution in [-0.2, 0) is 41.6 Å². The lowest BCUT2D eigenvalue weighted by Crippen LogP contribution is -2.48. The topological polar surface area (TPSA) is 87.5 Å². The van der Waals surface area contributed by atoms with E-state index in [1.165, 1.54) is 6.07 Å². The van der Waals surface area contributed by atoms with Crippen molar-refractivity contribution in [2.75, 3.05) is 6.54 Å². The van der Waals surface area contributed by atoms with E-state index in [9.17, 15) is 18.8 Å². The molecule has 1 spiro atoms. The Labute approximate surface area is 225 Å². The number of carbonyl (C=O) groups excluding carboxylic acids is 3. The molecule has 9 heteroatoms. The van der Waals surface area contributed by atoms with Crippen LogP contribution >= 0.6 is 0 Å². The number of aromatic nitrogens is 2. The van der Waals surface area contributed by atoms with Crippen molar-refractivity contribution in [1.82, 2.24) is 24.9 Å². The molecular formula is C30H30FN5O3. The minimum atomic E-state index is -1.14. The summed E-state index contributed by atoms with van der Waals surface area (Å²) in [6.07, 6.45) is 8.43. The summed E-state index contributed by atoms with van der Waals surface area (Å²) in [7, 11) is 1.87. The molecule has 8 nitrogen and oxygen atoms in total. The highest BCUT2D eigenvalue weighted by Gasteiger charge is 2.56. The summed E-state index contributed by atoms with van der Waals surface area (Å²) in [4.78, 5) is 43.7. The smallest absolute Gasteiger partial charge is 0.325 e. The number of aryl methyl sites for hydroxylation is 3. The molecule has 2 fully saturated rings. The van der Waals surface area contributed by atoms with Gasteiger partial charge in [0.2, 0.25) is 5.91 Å². The lowest BCUT2D eigenvalue weighted by Gasteiger charge is -2.31. The van der Waals surface area contributed by atoms with E-state index in [4.69, 9.17) is 0 Å². The molecule has 39 heavy (non-hydrogen) atoms. The van der Waals surface area contributed by atoms with Crippen molar-refractivity contribution in [3.63, 3.8) is 0 Å². The Morgan fingerprint density at radius 3 is 2.67 bits per heavy atom. The van der Waals surface area contributed by atoms with E-state index >= 15 is 0 Å². The SMILES string of the molecule is Cn1cc(-c2ccc3c(c2)CC[C@]32NC(=O)N(CC(=O)N3Cc4ccc(F)cc4CC[C@@H]3C3CC3)C2=O)cn1. The summed E-state index contributed by atoms with van der Waals surface area (Å²) >= 11 is 0. The number of imide groups is 1. The number of amides is 4. The third kappa shape index (κ3) is 3.94. The maximum Gasteiger partial charge on any atom is 0.325 e. The molecule has 2 atom stereocenters. The van der Waals surface area contributed by atoms with Gasteiger partial charge in [-0.1, -0.05) is 24.3 Å². The summed E-state index contributed by atoms with van der Waals surface area (Å²) in [5.74, 6) is -0.465. The van der Waals surface area contributed by atoms with Crippen LogP contribution in [0.1, 0.15) is 47.9 Å². The fourth-order valence-electron chi connectivity index (χ4n) is 6.76. The lowest BCUT2D eigenvalue weighted by molar-refractivity contribution is -0.141. The average molecular weight is 528 g/mol. The van der Waals surface area contributed by atoms with Crippen LogP contribution in [-0.4, -0.2) is 50.0 Å². The van der Waals surface area contributed by atoms with Gasteiger partial charge in [0, 0.05) is 31.4 Å². The molecule has 200 valence electrons. The van der Waals surface area contributed by atoms with Gasteiger partial charge in [-0.15, -0.1) is 0 Å². The summed E-state index contributed by atoms with van der Waals surface area (Å²) in [5, 5.41) is 7.19. The van der Waals surface area contributed by atoms with Crippen molar-refractivity contribution in [2.45, 2.75) is 56.7 Å². The van der Waals surface area contributed by atoms with Crippen LogP contribution in [0.15, 0.2) is 48.8 Å². The van der Waals surface area contributed by atoms with Crippen LogP contribution < -0.4 is 5.32 Å². The second kappa shape index (κ2) is 8.76. The molecule has 1 saturated heterocycles. The fourth-order valence-corrected chi connectivity index (χ4v) is 6.76. The molecule has 4 amide bonds. The Bertz CT molecular complexity index is 1530. The van der Waals surface area contributed by atoms with Crippen LogP contribution in [0.4, 0.5) is 9.18 Å². The molecule has 3 heterocycles. The molecule has 2 aromatic carbocycles. The molecule has 1 saturated carbocycles. The molecule has 4 aliphatic rings. The van der Waals surface area contributed by atoms with E-state index in [1.54, 1.807) is 23.0 Å². The minimum absolute atomic E-state index is 0.0285. The number of nitrogens with one attached hydrogen (secondary N) is 1. The van der Waals surface area contributed by atoms with Crippen molar-refractivity contribution < 1.29 is 18.8 Å². The summed E-state index contributed by atoms with van der Waals surface area (Å²) in [6.45, 7) is 0.0691.